The van der Waals surface area contributed by atoms with Crippen LogP contribution in [0.2, 0.25) is 0 Å². The zero-order valence-corrected chi connectivity index (χ0v) is 12.9. The lowest BCUT2D eigenvalue weighted by atomic mass is 10.2. The summed E-state index contributed by atoms with van der Waals surface area (Å²) in [5.74, 6) is 0.390. The second-order valence-corrected chi connectivity index (χ2v) is 4.65. The number of nitrogens with one attached hydrogen (secondary N) is 1. The number of aromatic hydroxyl groups is 1. The van der Waals surface area contributed by atoms with Gasteiger partial charge in [-0.2, -0.15) is 10.4 Å². The molecule has 0 fully saturated rings. The number of hydrazone groups is 1. The van der Waals surface area contributed by atoms with Crippen LogP contribution in [0.3, 0.4) is 0 Å². The molecule has 0 saturated carbocycles. The van der Waals surface area contributed by atoms with Gasteiger partial charge < -0.3 is 14.6 Å². The van der Waals surface area contributed by atoms with Crippen LogP contribution < -0.4 is 14.9 Å². The Balaban J connectivity index is 1.83. The highest BCUT2D eigenvalue weighted by Gasteiger charge is 2.03. The van der Waals surface area contributed by atoms with Crippen molar-refractivity contribution in [1.29, 1.82) is 5.26 Å². The Labute approximate surface area is 138 Å². The summed E-state index contributed by atoms with van der Waals surface area (Å²) in [7, 11) is 1.44. The summed E-state index contributed by atoms with van der Waals surface area (Å²) < 4.78 is 10.3. The van der Waals surface area contributed by atoms with E-state index in [1.165, 1.54) is 19.4 Å². The minimum Gasteiger partial charge on any atom is -0.504 e. The summed E-state index contributed by atoms with van der Waals surface area (Å²) in [6.45, 7) is -0.206. The van der Waals surface area contributed by atoms with Gasteiger partial charge in [-0.3, -0.25) is 4.79 Å². The number of carbonyl (C=O) groups excluding carboxylic acids is 1. The summed E-state index contributed by atoms with van der Waals surface area (Å²) in [5, 5.41) is 22.0. The van der Waals surface area contributed by atoms with Crippen LogP contribution in [0.15, 0.2) is 47.6 Å². The number of hydrogen-bond acceptors (Lipinski definition) is 6. The van der Waals surface area contributed by atoms with Gasteiger partial charge in [0.1, 0.15) is 5.75 Å². The molecule has 0 spiro atoms. The Hall–Kier alpha value is -3.53. The van der Waals surface area contributed by atoms with Crippen LogP contribution in [0.1, 0.15) is 11.1 Å². The van der Waals surface area contributed by atoms with E-state index < -0.39 is 5.91 Å². The first-order chi connectivity index (χ1) is 11.6. The van der Waals surface area contributed by atoms with E-state index in [0.717, 1.165) is 0 Å². The molecular formula is C17H15N3O4. The molecule has 7 nitrogen and oxygen atoms in total. The maximum Gasteiger partial charge on any atom is 0.277 e. The number of rotatable bonds is 6. The van der Waals surface area contributed by atoms with Gasteiger partial charge >= 0.3 is 0 Å². The summed E-state index contributed by atoms with van der Waals surface area (Å²) in [6, 6.07) is 13.1. The molecule has 2 aromatic rings. The fourth-order valence-corrected chi connectivity index (χ4v) is 1.76. The standard InChI is InChI=1S/C17H15N3O4/c1-23-16-8-13(4-7-15(16)21)10-19-20-17(22)11-24-14-5-2-12(9-18)3-6-14/h2-8,10,21H,11H2,1H3,(H,20,22). The van der Waals surface area contributed by atoms with Crippen LogP contribution in [0.4, 0.5) is 0 Å². The molecule has 0 aliphatic heterocycles. The average molecular weight is 325 g/mol. The topological polar surface area (TPSA) is 104 Å². The van der Waals surface area contributed by atoms with Crippen molar-refractivity contribution in [3.63, 3.8) is 0 Å². The third-order valence-electron chi connectivity index (χ3n) is 2.96. The van der Waals surface area contributed by atoms with Crippen LogP contribution in [0.25, 0.3) is 0 Å². The number of benzene rings is 2. The Morgan fingerprint density at radius 1 is 1.33 bits per heavy atom. The molecule has 2 rings (SSSR count). The number of hydrogen-bond donors (Lipinski definition) is 2. The summed E-state index contributed by atoms with van der Waals surface area (Å²) in [5.41, 5.74) is 3.49. The van der Waals surface area contributed by atoms with Gasteiger partial charge in [-0.15, -0.1) is 0 Å². The van der Waals surface area contributed by atoms with Gasteiger partial charge in [0.15, 0.2) is 18.1 Å². The smallest absolute Gasteiger partial charge is 0.277 e. The van der Waals surface area contributed by atoms with E-state index in [-0.39, 0.29) is 12.4 Å². The van der Waals surface area contributed by atoms with Crippen LogP contribution in [0.5, 0.6) is 17.2 Å². The highest BCUT2D eigenvalue weighted by molar-refractivity contribution is 5.83. The molecule has 0 aliphatic rings. The molecule has 122 valence electrons. The Morgan fingerprint density at radius 2 is 2.08 bits per heavy atom. The number of phenolic OH excluding ortho intramolecular Hbond substituents is 1. The van der Waals surface area contributed by atoms with Crippen molar-refractivity contribution in [3.8, 4) is 23.3 Å². The summed E-state index contributed by atoms with van der Waals surface area (Å²) in [4.78, 5) is 11.6. The first-order valence-corrected chi connectivity index (χ1v) is 6.94. The molecule has 0 saturated heterocycles. The second kappa shape index (κ2) is 8.19. The number of phenols is 1. The minimum absolute atomic E-state index is 0.0227. The number of amides is 1. The maximum absolute atomic E-state index is 11.6. The maximum atomic E-state index is 11.6. The quantitative estimate of drug-likeness (QED) is 0.622. The first-order valence-electron chi connectivity index (χ1n) is 6.94. The number of carbonyl (C=O) groups is 1. The van der Waals surface area contributed by atoms with Gasteiger partial charge in [0.2, 0.25) is 0 Å². The van der Waals surface area contributed by atoms with Crippen molar-refractivity contribution in [2.24, 2.45) is 5.10 Å². The average Bonchev–Trinajstić information content (AvgIpc) is 2.61. The molecule has 0 bridgehead atoms. The molecule has 0 radical (unpaired) electrons. The third kappa shape index (κ3) is 4.74. The van der Waals surface area contributed by atoms with Crippen molar-refractivity contribution in [1.82, 2.24) is 5.43 Å². The summed E-state index contributed by atoms with van der Waals surface area (Å²) in [6.07, 6.45) is 1.42. The normalized spacial score (nSPS) is 10.2. The monoisotopic (exact) mass is 325 g/mol. The molecule has 0 aliphatic carbocycles. The van der Waals surface area contributed by atoms with Gasteiger partial charge in [0.25, 0.3) is 5.91 Å². The van der Waals surface area contributed by atoms with Crippen molar-refractivity contribution in [3.05, 3.63) is 53.6 Å². The van der Waals surface area contributed by atoms with Crippen molar-refractivity contribution in [2.45, 2.75) is 0 Å². The molecule has 0 aromatic heterocycles. The number of ether oxygens (including phenoxy) is 2. The zero-order chi connectivity index (χ0) is 17.4. The third-order valence-corrected chi connectivity index (χ3v) is 2.96. The molecule has 2 N–H and O–H groups in total. The van der Waals surface area contributed by atoms with Crippen LogP contribution in [0, 0.1) is 11.3 Å². The van der Waals surface area contributed by atoms with E-state index in [0.29, 0.717) is 22.6 Å². The molecule has 2 aromatic carbocycles. The fourth-order valence-electron chi connectivity index (χ4n) is 1.76. The predicted molar refractivity (Wildman–Crippen MR) is 87.0 cm³/mol. The Bertz CT molecular complexity index is 779. The van der Waals surface area contributed by atoms with Gasteiger partial charge in [-0.1, -0.05) is 0 Å². The first kappa shape index (κ1) is 16.8. The van der Waals surface area contributed by atoms with E-state index in [1.807, 2.05) is 6.07 Å². The SMILES string of the molecule is COc1cc(C=NNC(=O)COc2ccc(C#N)cc2)ccc1O. The van der Waals surface area contributed by atoms with E-state index in [1.54, 1.807) is 36.4 Å². The number of nitrogens with zero attached hydrogens (tertiary/aromatic N) is 2. The molecule has 0 heterocycles. The lowest BCUT2D eigenvalue weighted by molar-refractivity contribution is -0.123. The van der Waals surface area contributed by atoms with E-state index in [2.05, 4.69) is 10.5 Å². The molecule has 0 unspecified atom stereocenters. The fraction of sp³-hybridized carbons (Fsp3) is 0.118. The number of methoxy groups -OCH3 is 1. The van der Waals surface area contributed by atoms with Crippen molar-refractivity contribution in [2.75, 3.05) is 13.7 Å². The van der Waals surface area contributed by atoms with Crippen molar-refractivity contribution >= 4 is 12.1 Å². The van der Waals surface area contributed by atoms with Gasteiger partial charge in [-0.25, -0.2) is 5.43 Å². The van der Waals surface area contributed by atoms with E-state index in [4.69, 9.17) is 14.7 Å². The molecule has 0 atom stereocenters. The molecular weight excluding hydrogens is 310 g/mol. The summed E-state index contributed by atoms with van der Waals surface area (Å²) >= 11 is 0. The minimum atomic E-state index is -0.429. The van der Waals surface area contributed by atoms with Crippen molar-refractivity contribution < 1.29 is 19.4 Å². The largest absolute Gasteiger partial charge is 0.504 e. The lowest BCUT2D eigenvalue weighted by Crippen LogP contribution is -2.24. The highest BCUT2D eigenvalue weighted by atomic mass is 16.5. The Morgan fingerprint density at radius 3 is 2.75 bits per heavy atom. The van der Waals surface area contributed by atoms with E-state index >= 15 is 0 Å². The van der Waals surface area contributed by atoms with E-state index in [9.17, 15) is 9.90 Å². The zero-order valence-electron chi connectivity index (χ0n) is 12.9. The lowest BCUT2D eigenvalue weighted by Gasteiger charge is -2.05. The highest BCUT2D eigenvalue weighted by Crippen LogP contribution is 2.25. The van der Waals surface area contributed by atoms with Crippen LogP contribution in [-0.4, -0.2) is 30.9 Å². The van der Waals surface area contributed by atoms with Gasteiger partial charge in [0, 0.05) is 0 Å². The van der Waals surface area contributed by atoms with Gasteiger partial charge in [-0.05, 0) is 48.0 Å². The molecule has 7 heteroatoms. The molecule has 1 amide bonds. The Kier molecular flexibility index (Phi) is 5.75. The van der Waals surface area contributed by atoms with Crippen LogP contribution in [-0.2, 0) is 4.79 Å². The predicted octanol–water partition coefficient (Wildman–Crippen LogP) is 1.80. The molecule has 24 heavy (non-hydrogen) atoms. The number of nitriles is 1. The van der Waals surface area contributed by atoms with Crippen LogP contribution >= 0.6 is 0 Å². The van der Waals surface area contributed by atoms with Gasteiger partial charge in [0.05, 0.1) is 25.0 Å². The second-order valence-electron chi connectivity index (χ2n) is 4.65.